The van der Waals surface area contributed by atoms with E-state index in [0.29, 0.717) is 6.54 Å². The quantitative estimate of drug-likeness (QED) is 0.927. The first-order chi connectivity index (χ1) is 9.44. The Balaban J connectivity index is 2.16. The average molecular weight is 296 g/mol. The molecule has 0 bridgehead atoms. The van der Waals surface area contributed by atoms with Crippen molar-refractivity contribution in [1.29, 1.82) is 0 Å². The van der Waals surface area contributed by atoms with Crippen LogP contribution < -0.4 is 5.73 Å². The van der Waals surface area contributed by atoms with E-state index in [0.717, 1.165) is 30.4 Å². The van der Waals surface area contributed by atoms with Gasteiger partial charge in [0.25, 0.3) is 0 Å². The fourth-order valence-corrected chi connectivity index (χ4v) is 5.07. The summed E-state index contributed by atoms with van der Waals surface area (Å²) in [5.41, 5.74) is 7.40. The second-order valence-electron chi connectivity index (χ2n) is 5.74. The fraction of sp³-hybridized carbons (Fsp3) is 0.600. The molecule has 2 rings (SSSR count). The van der Waals surface area contributed by atoms with Crippen LogP contribution in [0.25, 0.3) is 0 Å². The van der Waals surface area contributed by atoms with Gasteiger partial charge in [0.1, 0.15) is 0 Å². The van der Waals surface area contributed by atoms with Gasteiger partial charge in [0.15, 0.2) is 0 Å². The number of hydrogen-bond acceptors (Lipinski definition) is 3. The average Bonchev–Trinajstić information content (AvgIpc) is 2.38. The molecular formula is C15H24N2O2S. The summed E-state index contributed by atoms with van der Waals surface area (Å²) < 4.78 is 27.0. The summed E-state index contributed by atoms with van der Waals surface area (Å²) in [6.07, 6.45) is 3.02. The molecule has 0 aromatic heterocycles. The highest BCUT2D eigenvalue weighted by Crippen LogP contribution is 2.27. The Morgan fingerprint density at radius 1 is 1.10 bits per heavy atom. The number of benzene rings is 1. The molecule has 1 aliphatic heterocycles. The van der Waals surface area contributed by atoms with Crippen molar-refractivity contribution < 1.29 is 8.42 Å². The first kappa shape index (κ1) is 15.5. The molecular weight excluding hydrogens is 272 g/mol. The Morgan fingerprint density at radius 3 is 2.10 bits per heavy atom. The van der Waals surface area contributed by atoms with Crippen LogP contribution in [0.5, 0.6) is 0 Å². The van der Waals surface area contributed by atoms with Crippen molar-refractivity contribution in [2.45, 2.75) is 57.5 Å². The molecule has 4 nitrogen and oxygen atoms in total. The van der Waals surface area contributed by atoms with E-state index < -0.39 is 10.0 Å². The topological polar surface area (TPSA) is 63.4 Å². The van der Waals surface area contributed by atoms with Gasteiger partial charge in [-0.05, 0) is 37.8 Å². The molecule has 0 radical (unpaired) electrons. The van der Waals surface area contributed by atoms with E-state index >= 15 is 0 Å². The van der Waals surface area contributed by atoms with E-state index in [9.17, 15) is 8.42 Å². The van der Waals surface area contributed by atoms with Crippen molar-refractivity contribution in [3.8, 4) is 0 Å². The van der Waals surface area contributed by atoms with Crippen LogP contribution in [0.4, 0.5) is 0 Å². The lowest BCUT2D eigenvalue weighted by Gasteiger charge is -2.37. The molecule has 1 aliphatic rings. The van der Waals surface area contributed by atoms with Gasteiger partial charge in [0, 0.05) is 18.6 Å². The third-order valence-electron chi connectivity index (χ3n) is 4.04. The van der Waals surface area contributed by atoms with Gasteiger partial charge in [0.2, 0.25) is 10.0 Å². The molecule has 1 heterocycles. The molecule has 0 unspecified atom stereocenters. The lowest BCUT2D eigenvalue weighted by molar-refractivity contribution is 0.204. The molecule has 1 aromatic carbocycles. The molecule has 0 amide bonds. The smallest absolute Gasteiger partial charge is 0.218 e. The molecule has 2 N–H and O–H groups in total. The SMILES string of the molecule is C[C@@H]1CCC[C@H](C)N1S(=O)(=O)Cc1ccc(CN)cc1. The largest absolute Gasteiger partial charge is 0.326 e. The standard InChI is InChI=1S/C15H24N2O2S/c1-12-4-3-5-13(2)17(12)20(18,19)11-15-8-6-14(10-16)7-9-15/h6-9,12-13H,3-5,10-11,16H2,1-2H3/t12-,13+. The van der Waals surface area contributed by atoms with Gasteiger partial charge in [-0.15, -0.1) is 0 Å². The zero-order valence-electron chi connectivity index (χ0n) is 12.2. The normalized spacial score (nSPS) is 24.8. The van der Waals surface area contributed by atoms with Crippen molar-refractivity contribution in [1.82, 2.24) is 4.31 Å². The summed E-state index contributed by atoms with van der Waals surface area (Å²) >= 11 is 0. The van der Waals surface area contributed by atoms with Crippen molar-refractivity contribution in [2.24, 2.45) is 5.73 Å². The number of rotatable bonds is 4. The number of nitrogens with zero attached hydrogens (tertiary/aromatic N) is 1. The maximum atomic E-state index is 12.6. The second-order valence-corrected chi connectivity index (χ2v) is 7.61. The Hall–Kier alpha value is -0.910. The van der Waals surface area contributed by atoms with E-state index in [-0.39, 0.29) is 17.8 Å². The molecule has 1 saturated heterocycles. The number of piperidine rings is 1. The van der Waals surface area contributed by atoms with Crippen LogP contribution in [-0.2, 0) is 22.3 Å². The molecule has 1 fully saturated rings. The van der Waals surface area contributed by atoms with Gasteiger partial charge >= 0.3 is 0 Å². The second kappa shape index (κ2) is 6.24. The summed E-state index contributed by atoms with van der Waals surface area (Å²) in [5, 5.41) is 0. The molecule has 0 aliphatic carbocycles. The fourth-order valence-electron chi connectivity index (χ4n) is 3.00. The van der Waals surface area contributed by atoms with E-state index in [1.165, 1.54) is 0 Å². The van der Waals surface area contributed by atoms with E-state index in [1.807, 2.05) is 38.1 Å². The van der Waals surface area contributed by atoms with Gasteiger partial charge in [-0.2, -0.15) is 4.31 Å². The maximum absolute atomic E-state index is 12.6. The lowest BCUT2D eigenvalue weighted by atomic mass is 10.0. The summed E-state index contributed by atoms with van der Waals surface area (Å²) in [7, 11) is -3.25. The van der Waals surface area contributed by atoms with Crippen LogP contribution in [0.2, 0.25) is 0 Å². The maximum Gasteiger partial charge on any atom is 0.218 e. The summed E-state index contributed by atoms with van der Waals surface area (Å²) in [6.45, 7) is 4.49. The minimum atomic E-state index is -3.25. The van der Waals surface area contributed by atoms with Crippen LogP contribution in [0.15, 0.2) is 24.3 Å². The molecule has 0 saturated carbocycles. The summed E-state index contributed by atoms with van der Waals surface area (Å²) in [6, 6.07) is 7.72. The third-order valence-corrected chi connectivity index (χ3v) is 6.10. The minimum absolute atomic E-state index is 0.0759. The van der Waals surface area contributed by atoms with Gasteiger partial charge in [-0.1, -0.05) is 30.7 Å². The Kier molecular flexibility index (Phi) is 4.83. The number of hydrogen-bond donors (Lipinski definition) is 1. The molecule has 0 spiro atoms. The monoisotopic (exact) mass is 296 g/mol. The molecule has 20 heavy (non-hydrogen) atoms. The van der Waals surface area contributed by atoms with Crippen molar-refractivity contribution in [2.75, 3.05) is 0 Å². The van der Waals surface area contributed by atoms with Crippen LogP contribution >= 0.6 is 0 Å². The van der Waals surface area contributed by atoms with Crippen molar-refractivity contribution >= 4 is 10.0 Å². The minimum Gasteiger partial charge on any atom is -0.326 e. The van der Waals surface area contributed by atoms with Crippen molar-refractivity contribution in [3.05, 3.63) is 35.4 Å². The van der Waals surface area contributed by atoms with Crippen LogP contribution in [0, 0.1) is 0 Å². The van der Waals surface area contributed by atoms with E-state index in [4.69, 9.17) is 5.73 Å². The Morgan fingerprint density at radius 2 is 1.60 bits per heavy atom. The van der Waals surface area contributed by atoms with Gasteiger partial charge in [0.05, 0.1) is 5.75 Å². The first-order valence-corrected chi connectivity index (χ1v) is 8.84. The van der Waals surface area contributed by atoms with Gasteiger partial charge < -0.3 is 5.73 Å². The molecule has 1 aromatic rings. The Labute approximate surface area is 122 Å². The Bertz CT molecular complexity index is 529. The molecule has 112 valence electrons. The first-order valence-electron chi connectivity index (χ1n) is 7.23. The molecule has 2 atom stereocenters. The van der Waals surface area contributed by atoms with E-state index in [2.05, 4.69) is 0 Å². The highest BCUT2D eigenvalue weighted by Gasteiger charge is 2.34. The van der Waals surface area contributed by atoms with Gasteiger partial charge in [-0.25, -0.2) is 8.42 Å². The predicted octanol–water partition coefficient (Wildman–Crippen LogP) is 2.24. The third kappa shape index (κ3) is 3.40. The van der Waals surface area contributed by atoms with Crippen molar-refractivity contribution in [3.63, 3.8) is 0 Å². The van der Waals surface area contributed by atoms with Crippen LogP contribution in [-0.4, -0.2) is 24.8 Å². The van der Waals surface area contributed by atoms with E-state index in [1.54, 1.807) is 4.31 Å². The lowest BCUT2D eigenvalue weighted by Crippen LogP contribution is -2.47. The summed E-state index contributed by atoms with van der Waals surface area (Å²) in [5.74, 6) is 0.0759. The summed E-state index contributed by atoms with van der Waals surface area (Å²) in [4.78, 5) is 0. The zero-order chi connectivity index (χ0) is 14.8. The predicted molar refractivity (Wildman–Crippen MR) is 81.6 cm³/mol. The highest BCUT2D eigenvalue weighted by molar-refractivity contribution is 7.88. The zero-order valence-corrected chi connectivity index (χ0v) is 13.1. The van der Waals surface area contributed by atoms with Gasteiger partial charge in [-0.3, -0.25) is 0 Å². The van der Waals surface area contributed by atoms with Crippen LogP contribution in [0.1, 0.15) is 44.2 Å². The number of sulfonamides is 1. The van der Waals surface area contributed by atoms with Crippen LogP contribution in [0.3, 0.4) is 0 Å². The highest BCUT2D eigenvalue weighted by atomic mass is 32.2. The number of nitrogens with two attached hydrogens (primary N) is 1. The molecule has 5 heteroatoms.